The van der Waals surface area contributed by atoms with E-state index in [-0.39, 0.29) is 23.3 Å². The zero-order valence-electron chi connectivity index (χ0n) is 37.1. The highest BCUT2D eigenvalue weighted by Gasteiger charge is 2.21. The van der Waals surface area contributed by atoms with E-state index in [4.69, 9.17) is 33.7 Å². The molecule has 0 saturated carbocycles. The summed E-state index contributed by atoms with van der Waals surface area (Å²) in [7, 11) is 5.27. The molecule has 10 aromatic rings. The maximum Gasteiger partial charge on any atom is 0.251 e. The van der Waals surface area contributed by atoms with Gasteiger partial charge >= 0.3 is 0 Å². The Morgan fingerprint density at radius 1 is 0.552 bits per heavy atom. The smallest absolute Gasteiger partial charge is 0.251 e. The molecule has 2 N–H and O–H groups in total. The summed E-state index contributed by atoms with van der Waals surface area (Å²) in [6, 6.07) is 50.6. The van der Waals surface area contributed by atoms with Gasteiger partial charge in [0, 0.05) is 67.2 Å². The second-order valence-electron chi connectivity index (χ2n) is 16.4. The number of pyridine rings is 2. The Morgan fingerprint density at radius 3 is 1.51 bits per heavy atom. The van der Waals surface area contributed by atoms with E-state index >= 15 is 0 Å². The maximum absolute atomic E-state index is 12.7. The van der Waals surface area contributed by atoms with Gasteiger partial charge in [0.05, 0.1) is 53.5 Å². The first-order valence-corrected chi connectivity index (χ1v) is 22.5. The van der Waals surface area contributed by atoms with E-state index in [2.05, 4.69) is 55.5 Å². The Morgan fingerprint density at radius 2 is 1.01 bits per heavy atom. The van der Waals surface area contributed by atoms with Crippen molar-refractivity contribution in [3.05, 3.63) is 247 Å². The standard InChI is InChI=1S/C28H24ClN3O2.C27H23ClN4O/c1-31-25-12-11-21(14-24(25)23(15-27(31)33)20-9-6-10-22(29)13-20)28(34-2)26-16-30-18-32(26)17-19-7-4-3-5-8-19;1-31-24-11-10-20(13-23(24)22(14-26(31)33)19-8-5-9-21(28)12-19)27(29)25-15-30-17-32(25)16-18-6-3-2-4-7-18/h3-16,18,28H,17H2,1-2H3;2-15,17,27H,16,29H2,1H3. The molecule has 4 aromatic heterocycles. The minimum Gasteiger partial charge on any atom is -0.370 e. The molecule has 12 heteroatoms. The average Bonchev–Trinajstić information content (AvgIpc) is 4.01. The SMILES string of the molecule is COC(c1ccc2c(c1)c(-c1cccc(Cl)c1)cc(=O)n2C)c1cncn1Cc1ccccc1.Cn1c(=O)cc(-c2cccc(Cl)c2)c2cc(C(N)c3cncn3Cc3ccccc3)ccc21. The van der Waals surface area contributed by atoms with Gasteiger partial charge in [0.1, 0.15) is 6.10 Å². The summed E-state index contributed by atoms with van der Waals surface area (Å²) >= 11 is 12.5. The summed E-state index contributed by atoms with van der Waals surface area (Å²) < 4.78 is 13.5. The van der Waals surface area contributed by atoms with E-state index in [0.29, 0.717) is 23.1 Å². The van der Waals surface area contributed by atoms with Gasteiger partial charge in [-0.3, -0.25) is 9.59 Å². The summed E-state index contributed by atoms with van der Waals surface area (Å²) in [4.78, 5) is 34.1. The van der Waals surface area contributed by atoms with Crippen molar-refractivity contribution in [2.45, 2.75) is 25.2 Å². The van der Waals surface area contributed by atoms with Gasteiger partial charge < -0.3 is 28.7 Å². The van der Waals surface area contributed by atoms with E-state index < -0.39 is 0 Å². The fourth-order valence-corrected chi connectivity index (χ4v) is 9.05. The minimum atomic E-state index is -0.370. The molecule has 0 spiro atoms. The molecule has 0 bridgehead atoms. The van der Waals surface area contributed by atoms with E-state index in [1.54, 1.807) is 42.5 Å². The van der Waals surface area contributed by atoms with Crippen LogP contribution in [0, 0.1) is 0 Å². The van der Waals surface area contributed by atoms with Crippen molar-refractivity contribution in [2.24, 2.45) is 19.8 Å². The van der Waals surface area contributed by atoms with Crippen molar-refractivity contribution in [2.75, 3.05) is 7.11 Å². The summed E-state index contributed by atoms with van der Waals surface area (Å²) in [5.74, 6) is 0. The summed E-state index contributed by atoms with van der Waals surface area (Å²) in [5, 5.41) is 3.15. The van der Waals surface area contributed by atoms with Crippen LogP contribution in [0.1, 0.15) is 45.8 Å². The molecular weight excluding hydrogens is 878 g/mol. The van der Waals surface area contributed by atoms with Gasteiger partial charge in [-0.2, -0.15) is 0 Å². The predicted octanol–water partition coefficient (Wildman–Crippen LogP) is 11.0. The fourth-order valence-electron chi connectivity index (χ4n) is 8.67. The number of aryl methyl sites for hydroxylation is 2. The molecule has 0 aliphatic rings. The Labute approximate surface area is 397 Å². The highest BCUT2D eigenvalue weighted by atomic mass is 35.5. The van der Waals surface area contributed by atoms with E-state index in [1.807, 2.05) is 134 Å². The minimum absolute atomic E-state index is 0.0699. The second kappa shape index (κ2) is 19.6. The van der Waals surface area contributed by atoms with Gasteiger partial charge in [-0.15, -0.1) is 0 Å². The van der Waals surface area contributed by atoms with Gasteiger partial charge in [0.2, 0.25) is 0 Å². The third kappa shape index (κ3) is 9.52. The molecule has 67 heavy (non-hydrogen) atoms. The summed E-state index contributed by atoms with van der Waals surface area (Å²) in [5.41, 5.74) is 17.9. The second-order valence-corrected chi connectivity index (χ2v) is 17.3. The van der Waals surface area contributed by atoms with Gasteiger partial charge in [-0.05, 0) is 93.0 Å². The number of nitrogens with two attached hydrogens (primary N) is 1. The first-order chi connectivity index (χ1) is 32.6. The quantitative estimate of drug-likeness (QED) is 0.138. The lowest BCUT2D eigenvalue weighted by Gasteiger charge is -2.20. The van der Waals surface area contributed by atoms with Crippen molar-refractivity contribution < 1.29 is 4.74 Å². The molecule has 0 aliphatic heterocycles. The Hall–Kier alpha value is -7.34. The van der Waals surface area contributed by atoms with Crippen LogP contribution in [0.4, 0.5) is 0 Å². The maximum atomic E-state index is 12.7. The van der Waals surface area contributed by atoms with Crippen molar-refractivity contribution in [1.82, 2.24) is 28.2 Å². The van der Waals surface area contributed by atoms with Gasteiger partial charge in [0.25, 0.3) is 11.1 Å². The number of halogens is 2. The van der Waals surface area contributed by atoms with E-state index in [9.17, 15) is 9.59 Å². The van der Waals surface area contributed by atoms with Crippen LogP contribution in [-0.2, 0) is 31.9 Å². The number of aromatic nitrogens is 6. The van der Waals surface area contributed by atoms with Gasteiger partial charge in [-0.25, -0.2) is 9.97 Å². The van der Waals surface area contributed by atoms with Crippen molar-refractivity contribution in [3.63, 3.8) is 0 Å². The number of nitrogens with zero attached hydrogens (tertiary/aromatic N) is 6. The van der Waals surface area contributed by atoms with Crippen molar-refractivity contribution in [1.29, 1.82) is 0 Å². The molecule has 0 aliphatic carbocycles. The molecule has 6 aromatic carbocycles. The molecule has 2 atom stereocenters. The largest absolute Gasteiger partial charge is 0.370 e. The number of ether oxygens (including phenoxy) is 1. The molecule has 0 radical (unpaired) electrons. The van der Waals surface area contributed by atoms with Crippen LogP contribution in [0.15, 0.2) is 192 Å². The number of methoxy groups -OCH3 is 1. The zero-order chi connectivity index (χ0) is 46.6. The summed E-state index contributed by atoms with van der Waals surface area (Å²) in [6.45, 7) is 1.39. The summed E-state index contributed by atoms with van der Waals surface area (Å²) in [6.07, 6.45) is 6.98. The molecule has 10 rings (SSSR count). The van der Waals surface area contributed by atoms with Crippen molar-refractivity contribution in [3.8, 4) is 22.3 Å². The number of hydrogen-bond acceptors (Lipinski definition) is 6. The molecule has 0 amide bonds. The van der Waals surface area contributed by atoms with Gasteiger partial charge in [-0.1, -0.05) is 120 Å². The van der Waals surface area contributed by atoms with Crippen LogP contribution >= 0.6 is 23.2 Å². The average molecular weight is 925 g/mol. The molecule has 10 nitrogen and oxygen atoms in total. The van der Waals surface area contributed by atoms with Gasteiger partial charge in [0.15, 0.2) is 0 Å². The molecular formula is C55H47Cl2N7O3. The molecule has 0 fully saturated rings. The number of hydrogen-bond donors (Lipinski definition) is 1. The Balaban J connectivity index is 0.000000168. The topological polar surface area (TPSA) is 115 Å². The molecule has 0 saturated heterocycles. The fraction of sp³-hybridized carbons (Fsp3) is 0.127. The van der Waals surface area contributed by atoms with Crippen LogP contribution in [0.25, 0.3) is 44.1 Å². The number of benzene rings is 6. The first-order valence-electron chi connectivity index (χ1n) is 21.7. The predicted molar refractivity (Wildman–Crippen MR) is 270 cm³/mol. The third-order valence-electron chi connectivity index (χ3n) is 12.2. The first kappa shape index (κ1) is 44.8. The highest BCUT2D eigenvalue weighted by molar-refractivity contribution is 6.31. The number of fused-ring (bicyclic) bond motifs is 2. The van der Waals surface area contributed by atoms with Crippen molar-refractivity contribution >= 4 is 45.0 Å². The monoisotopic (exact) mass is 923 g/mol. The lowest BCUT2D eigenvalue weighted by molar-refractivity contribution is 0.130. The molecule has 334 valence electrons. The van der Waals surface area contributed by atoms with E-state index in [1.165, 1.54) is 11.1 Å². The van der Waals surface area contributed by atoms with Crippen LogP contribution in [0.3, 0.4) is 0 Å². The number of rotatable bonds is 11. The Kier molecular flexibility index (Phi) is 13.1. The van der Waals surface area contributed by atoms with Crippen LogP contribution < -0.4 is 16.9 Å². The van der Waals surface area contributed by atoms with Crippen LogP contribution in [-0.4, -0.2) is 35.3 Å². The normalized spacial score (nSPS) is 12.2. The highest BCUT2D eigenvalue weighted by Crippen LogP contribution is 2.35. The molecule has 4 heterocycles. The molecule has 2 unspecified atom stereocenters. The zero-order valence-corrected chi connectivity index (χ0v) is 38.6. The lowest BCUT2D eigenvalue weighted by atomic mass is 9.96. The Bertz CT molecular complexity index is 3490. The van der Waals surface area contributed by atoms with Crippen LogP contribution in [0.5, 0.6) is 0 Å². The number of imidazole rings is 2. The van der Waals surface area contributed by atoms with Crippen LogP contribution in [0.2, 0.25) is 10.0 Å². The lowest BCUT2D eigenvalue weighted by Crippen LogP contribution is -2.19. The third-order valence-corrected chi connectivity index (χ3v) is 12.6. The van der Waals surface area contributed by atoms with E-state index in [0.717, 1.165) is 66.6 Å².